The number of hydrogen-bond donors (Lipinski definition) is 2. The maximum Gasteiger partial charge on any atom is 0.261 e. The molecule has 7 nitrogen and oxygen atoms in total. The van der Waals surface area contributed by atoms with Gasteiger partial charge in [-0.05, 0) is 78.3 Å². The highest BCUT2D eigenvalue weighted by Gasteiger charge is 2.56. The molecular formula is C30H37FN6O. The second-order valence-corrected chi connectivity index (χ2v) is 12.1. The van der Waals surface area contributed by atoms with Gasteiger partial charge in [0.25, 0.3) is 5.56 Å². The van der Waals surface area contributed by atoms with Gasteiger partial charge in [0.1, 0.15) is 5.82 Å². The van der Waals surface area contributed by atoms with Gasteiger partial charge < -0.3 is 16.0 Å². The van der Waals surface area contributed by atoms with Crippen molar-refractivity contribution in [2.45, 2.75) is 58.7 Å². The van der Waals surface area contributed by atoms with Crippen LogP contribution >= 0.6 is 0 Å². The SMILES string of the molecule is C[C@@H]1C(N=C(Nc2ccc3c(=O)n(CCc4ccc(F)cc4)cnc3c2)N2CC(N)C2)C[C@@H]2CC1C2(C)C. The van der Waals surface area contributed by atoms with Crippen molar-refractivity contribution in [1.29, 1.82) is 0 Å². The van der Waals surface area contributed by atoms with Crippen molar-refractivity contribution >= 4 is 22.5 Å². The molecule has 0 spiro atoms. The lowest BCUT2D eigenvalue weighted by Gasteiger charge is -2.61. The largest absolute Gasteiger partial charge is 0.339 e. The average molecular weight is 517 g/mol. The number of fused-ring (bicyclic) bond motifs is 3. The second-order valence-electron chi connectivity index (χ2n) is 12.1. The molecule has 2 aromatic carbocycles. The highest BCUT2D eigenvalue weighted by atomic mass is 19.1. The molecule has 1 saturated heterocycles. The quantitative estimate of drug-likeness (QED) is 0.391. The van der Waals surface area contributed by atoms with Gasteiger partial charge >= 0.3 is 0 Å². The van der Waals surface area contributed by atoms with Crippen LogP contribution in [0, 0.1) is 29.0 Å². The molecule has 38 heavy (non-hydrogen) atoms. The lowest BCUT2D eigenvalue weighted by molar-refractivity contribution is -0.108. The molecule has 1 aliphatic heterocycles. The lowest BCUT2D eigenvalue weighted by Crippen LogP contribution is -2.60. The Morgan fingerprint density at radius 3 is 2.63 bits per heavy atom. The average Bonchev–Trinajstić information content (AvgIpc) is 2.88. The Hall–Kier alpha value is -3.26. The number of nitrogens with two attached hydrogens (primary N) is 1. The summed E-state index contributed by atoms with van der Waals surface area (Å²) in [5, 5.41) is 4.11. The molecule has 4 aliphatic rings. The number of halogens is 1. The van der Waals surface area contributed by atoms with Gasteiger partial charge in [0.05, 0.1) is 23.3 Å². The second kappa shape index (κ2) is 9.49. The molecule has 3 N–H and O–H groups in total. The van der Waals surface area contributed by atoms with Crippen LogP contribution in [0.15, 0.2) is 58.6 Å². The summed E-state index contributed by atoms with van der Waals surface area (Å²) in [6, 6.07) is 12.5. The van der Waals surface area contributed by atoms with Gasteiger partial charge in [-0.25, -0.2) is 14.4 Å². The number of aliphatic imine (C=N–C) groups is 1. The Kier molecular flexibility index (Phi) is 6.25. The topological polar surface area (TPSA) is 88.5 Å². The van der Waals surface area contributed by atoms with E-state index in [2.05, 4.69) is 36.0 Å². The van der Waals surface area contributed by atoms with Crippen LogP contribution in [0.3, 0.4) is 0 Å². The van der Waals surface area contributed by atoms with Crippen molar-refractivity contribution in [3.63, 3.8) is 0 Å². The molecule has 2 heterocycles. The van der Waals surface area contributed by atoms with E-state index in [1.165, 1.54) is 18.6 Å². The molecule has 200 valence electrons. The molecule has 4 fully saturated rings. The van der Waals surface area contributed by atoms with Gasteiger partial charge in [-0.1, -0.05) is 32.9 Å². The minimum Gasteiger partial charge on any atom is -0.339 e. The number of benzene rings is 2. The summed E-state index contributed by atoms with van der Waals surface area (Å²) in [5.41, 5.74) is 8.94. The predicted molar refractivity (Wildman–Crippen MR) is 150 cm³/mol. The Labute approximate surface area is 223 Å². The molecule has 2 unspecified atom stereocenters. The first-order chi connectivity index (χ1) is 18.2. The van der Waals surface area contributed by atoms with Gasteiger partial charge in [0.2, 0.25) is 0 Å². The number of aryl methyl sites for hydroxylation is 2. The third kappa shape index (κ3) is 4.49. The number of nitrogens with zero attached hydrogens (tertiary/aromatic N) is 4. The third-order valence-electron chi connectivity index (χ3n) is 9.45. The Bertz CT molecular complexity index is 1420. The van der Waals surface area contributed by atoms with Crippen LogP contribution < -0.4 is 16.6 Å². The van der Waals surface area contributed by atoms with E-state index in [0.717, 1.165) is 48.6 Å². The number of aromatic nitrogens is 2. The first kappa shape index (κ1) is 25.0. The normalized spacial score (nSPS) is 26.7. The van der Waals surface area contributed by atoms with Crippen LogP contribution in [0.25, 0.3) is 10.9 Å². The van der Waals surface area contributed by atoms with Gasteiger partial charge in [0, 0.05) is 31.4 Å². The van der Waals surface area contributed by atoms with Crippen LogP contribution in [0.4, 0.5) is 10.1 Å². The number of likely N-dealkylation sites (tertiary alicyclic amines) is 1. The third-order valence-corrected chi connectivity index (χ3v) is 9.45. The smallest absolute Gasteiger partial charge is 0.261 e. The summed E-state index contributed by atoms with van der Waals surface area (Å²) >= 11 is 0. The summed E-state index contributed by atoms with van der Waals surface area (Å²) in [7, 11) is 0. The number of anilines is 1. The number of guanidine groups is 1. The molecule has 3 aliphatic carbocycles. The van der Waals surface area contributed by atoms with E-state index in [0.29, 0.717) is 41.2 Å². The van der Waals surface area contributed by atoms with Crippen LogP contribution in [0.1, 0.15) is 39.2 Å². The summed E-state index contributed by atoms with van der Waals surface area (Å²) in [5.74, 6) is 2.63. The minimum atomic E-state index is -0.262. The molecule has 3 saturated carbocycles. The van der Waals surface area contributed by atoms with Crippen LogP contribution in [-0.2, 0) is 13.0 Å². The van der Waals surface area contributed by atoms with E-state index >= 15 is 0 Å². The summed E-state index contributed by atoms with van der Waals surface area (Å²) in [4.78, 5) is 25.2. The Balaban J connectivity index is 1.21. The maximum absolute atomic E-state index is 13.2. The highest BCUT2D eigenvalue weighted by molar-refractivity contribution is 5.96. The fourth-order valence-electron chi connectivity index (χ4n) is 6.75. The van der Waals surface area contributed by atoms with E-state index in [-0.39, 0.29) is 17.4 Å². The minimum absolute atomic E-state index is 0.0795. The van der Waals surface area contributed by atoms with Crippen molar-refractivity contribution in [3.8, 4) is 0 Å². The number of hydrogen-bond acceptors (Lipinski definition) is 4. The van der Waals surface area contributed by atoms with E-state index in [9.17, 15) is 9.18 Å². The summed E-state index contributed by atoms with van der Waals surface area (Å²) < 4.78 is 14.8. The molecule has 0 radical (unpaired) electrons. The van der Waals surface area contributed by atoms with Crippen LogP contribution in [0.5, 0.6) is 0 Å². The van der Waals surface area contributed by atoms with Crippen LogP contribution in [-0.4, -0.2) is 45.6 Å². The molecule has 0 amide bonds. The Morgan fingerprint density at radius 2 is 1.95 bits per heavy atom. The zero-order chi connectivity index (χ0) is 26.6. The fraction of sp³-hybridized carbons (Fsp3) is 0.500. The molecular weight excluding hydrogens is 479 g/mol. The summed E-state index contributed by atoms with van der Waals surface area (Å²) in [6.45, 7) is 9.24. The van der Waals surface area contributed by atoms with E-state index in [4.69, 9.17) is 10.7 Å². The van der Waals surface area contributed by atoms with Gasteiger partial charge in [-0.15, -0.1) is 0 Å². The van der Waals surface area contributed by atoms with Gasteiger partial charge in [-0.2, -0.15) is 0 Å². The van der Waals surface area contributed by atoms with E-state index < -0.39 is 0 Å². The highest BCUT2D eigenvalue weighted by Crippen LogP contribution is 2.61. The number of nitrogens with one attached hydrogen (secondary N) is 1. The number of rotatable bonds is 5. The predicted octanol–water partition coefficient (Wildman–Crippen LogP) is 4.26. The van der Waals surface area contributed by atoms with E-state index in [1.807, 2.05) is 18.2 Å². The van der Waals surface area contributed by atoms with E-state index in [1.54, 1.807) is 23.0 Å². The molecule has 1 aromatic heterocycles. The molecule has 8 heteroatoms. The molecule has 2 bridgehead atoms. The molecule has 3 aromatic rings. The monoisotopic (exact) mass is 516 g/mol. The fourth-order valence-corrected chi connectivity index (χ4v) is 6.75. The Morgan fingerprint density at radius 1 is 1.18 bits per heavy atom. The first-order valence-electron chi connectivity index (χ1n) is 13.8. The van der Waals surface area contributed by atoms with Crippen molar-refractivity contribution in [2.24, 2.45) is 33.9 Å². The summed E-state index contributed by atoms with van der Waals surface area (Å²) in [6.07, 6.45) is 4.68. The molecule has 7 rings (SSSR count). The van der Waals surface area contributed by atoms with Gasteiger partial charge in [-0.3, -0.25) is 9.36 Å². The van der Waals surface area contributed by atoms with Crippen molar-refractivity contribution in [2.75, 3.05) is 18.4 Å². The van der Waals surface area contributed by atoms with Crippen molar-refractivity contribution < 1.29 is 4.39 Å². The van der Waals surface area contributed by atoms with Gasteiger partial charge in [0.15, 0.2) is 5.96 Å². The van der Waals surface area contributed by atoms with Crippen molar-refractivity contribution in [3.05, 3.63) is 70.5 Å². The lowest BCUT2D eigenvalue weighted by atomic mass is 9.45. The zero-order valence-electron chi connectivity index (χ0n) is 22.4. The standard InChI is InChI=1S/C30H37FN6O/c1-18-25-12-20(30(25,2)3)13-26(18)35-29(37-15-22(32)16-37)34-23-8-9-24-27(14-23)33-17-36(28(24)38)11-10-19-4-6-21(31)7-5-19/h4-9,14,17-18,20,22,25-26H,10-13,15-16,32H2,1-3H3,(H,34,35)/t18-,20-,25?,26?/m0/s1. The molecule has 4 atom stereocenters. The zero-order valence-corrected chi connectivity index (χ0v) is 22.4. The first-order valence-corrected chi connectivity index (χ1v) is 13.8. The van der Waals surface area contributed by atoms with Crippen molar-refractivity contribution in [1.82, 2.24) is 14.5 Å². The van der Waals surface area contributed by atoms with Crippen LogP contribution in [0.2, 0.25) is 0 Å². The maximum atomic E-state index is 13.2.